The average molecular weight is 297 g/mol. The maximum Gasteiger partial charge on any atom is 0.104 e. The fourth-order valence-corrected chi connectivity index (χ4v) is 3.55. The van der Waals surface area contributed by atoms with E-state index in [1.165, 1.54) is 37.1 Å². The van der Waals surface area contributed by atoms with Crippen LogP contribution < -0.4 is 9.80 Å². The number of rotatable bonds is 5. The molecule has 2 aromatic rings. The Bertz CT molecular complexity index is 547. The summed E-state index contributed by atoms with van der Waals surface area (Å²) in [5.74, 6) is 0. The normalized spacial score (nSPS) is 23.1. The summed E-state index contributed by atoms with van der Waals surface area (Å²) >= 11 is 0. The summed E-state index contributed by atoms with van der Waals surface area (Å²) in [4.78, 5) is 7.59. The van der Waals surface area contributed by atoms with E-state index >= 15 is 0 Å². The van der Waals surface area contributed by atoms with Gasteiger partial charge in [0, 0.05) is 36.4 Å². The zero-order valence-electron chi connectivity index (χ0n) is 13.5. The number of pyridine rings is 1. The van der Waals surface area contributed by atoms with Crippen molar-refractivity contribution >= 4 is 0 Å². The number of aromatic nitrogens is 1. The summed E-state index contributed by atoms with van der Waals surface area (Å²) in [6, 6.07) is 15.9. The molecule has 0 bridgehead atoms. The van der Waals surface area contributed by atoms with Gasteiger partial charge in [0.05, 0.1) is 26.2 Å². The summed E-state index contributed by atoms with van der Waals surface area (Å²) in [6.07, 6.45) is 6.52. The van der Waals surface area contributed by atoms with Crippen molar-refractivity contribution in [3.63, 3.8) is 0 Å². The fourth-order valence-electron chi connectivity index (χ4n) is 3.55. The van der Waals surface area contributed by atoms with Gasteiger partial charge in [-0.25, -0.2) is 0 Å². The van der Waals surface area contributed by atoms with Gasteiger partial charge in [-0.2, -0.15) is 0 Å². The Labute approximate surface area is 133 Å². The Balaban J connectivity index is 1.47. The third-order valence-electron chi connectivity index (χ3n) is 4.89. The summed E-state index contributed by atoms with van der Waals surface area (Å²) in [6.45, 7) is 4.83. The highest BCUT2D eigenvalue weighted by molar-refractivity contribution is 5.13. The first kappa shape index (κ1) is 15.2. The smallest absolute Gasteiger partial charge is 0.104 e. The van der Waals surface area contributed by atoms with Gasteiger partial charge in [-0.1, -0.05) is 36.4 Å². The molecule has 0 aliphatic carbocycles. The van der Waals surface area contributed by atoms with Gasteiger partial charge in [0.15, 0.2) is 0 Å². The van der Waals surface area contributed by atoms with Crippen LogP contribution >= 0.6 is 0 Å². The Kier molecular flexibility index (Phi) is 5.20. The van der Waals surface area contributed by atoms with E-state index < -0.39 is 0 Å². The van der Waals surface area contributed by atoms with E-state index in [0.29, 0.717) is 0 Å². The maximum absolute atomic E-state index is 4.22. The maximum atomic E-state index is 4.22. The lowest BCUT2D eigenvalue weighted by Gasteiger charge is -2.32. The highest BCUT2D eigenvalue weighted by Crippen LogP contribution is 2.00. The quantitative estimate of drug-likeness (QED) is 0.816. The van der Waals surface area contributed by atoms with Gasteiger partial charge in [-0.3, -0.25) is 4.98 Å². The lowest BCUT2D eigenvalue weighted by molar-refractivity contribution is -0.960. The number of piperidine rings is 1. The molecule has 22 heavy (non-hydrogen) atoms. The molecular weight excluding hydrogens is 270 g/mol. The highest BCUT2D eigenvalue weighted by atomic mass is 15.2. The summed E-state index contributed by atoms with van der Waals surface area (Å²) < 4.78 is 0. The molecule has 1 aliphatic heterocycles. The summed E-state index contributed by atoms with van der Waals surface area (Å²) in [5, 5.41) is 0. The molecule has 1 saturated heterocycles. The predicted octanol–water partition coefficient (Wildman–Crippen LogP) is 0.344. The van der Waals surface area contributed by atoms with Gasteiger partial charge in [0.2, 0.25) is 0 Å². The standard InChI is InChI=1S/C19H25N3/c1-21(15-17-6-3-2-4-7-17)19-9-12-22(13-10-19)16-18-8-5-11-20-14-18/h2-8,11,14,19H,9-10,12-13,15-16H2,1H3/p+2. The zero-order valence-corrected chi connectivity index (χ0v) is 13.5. The first-order valence-corrected chi connectivity index (χ1v) is 8.40. The van der Waals surface area contributed by atoms with Gasteiger partial charge < -0.3 is 9.80 Å². The van der Waals surface area contributed by atoms with E-state index in [2.05, 4.69) is 48.4 Å². The molecule has 3 nitrogen and oxygen atoms in total. The molecule has 0 saturated carbocycles. The number of hydrogen-bond acceptors (Lipinski definition) is 1. The number of nitrogens with zero attached hydrogens (tertiary/aromatic N) is 1. The molecule has 116 valence electrons. The van der Waals surface area contributed by atoms with Crippen LogP contribution in [0.25, 0.3) is 0 Å². The van der Waals surface area contributed by atoms with Crippen LogP contribution in [-0.4, -0.2) is 31.2 Å². The molecule has 1 aliphatic rings. The first-order chi connectivity index (χ1) is 10.8. The van der Waals surface area contributed by atoms with Gasteiger partial charge in [0.1, 0.15) is 13.1 Å². The Morgan fingerprint density at radius 3 is 2.45 bits per heavy atom. The summed E-state index contributed by atoms with van der Waals surface area (Å²) in [7, 11) is 2.35. The van der Waals surface area contributed by atoms with Crippen molar-refractivity contribution in [1.29, 1.82) is 0 Å². The van der Waals surface area contributed by atoms with Crippen LogP contribution in [0.4, 0.5) is 0 Å². The molecule has 1 atom stereocenters. The number of quaternary nitrogens is 2. The van der Waals surface area contributed by atoms with Gasteiger partial charge in [-0.05, 0) is 6.07 Å². The van der Waals surface area contributed by atoms with Crippen molar-refractivity contribution in [3.05, 3.63) is 66.0 Å². The van der Waals surface area contributed by atoms with Crippen molar-refractivity contribution in [2.24, 2.45) is 0 Å². The molecule has 1 fully saturated rings. The van der Waals surface area contributed by atoms with Gasteiger partial charge >= 0.3 is 0 Å². The Hall–Kier alpha value is -1.71. The highest BCUT2D eigenvalue weighted by Gasteiger charge is 2.27. The van der Waals surface area contributed by atoms with Crippen molar-refractivity contribution in [3.8, 4) is 0 Å². The molecular formula is C19H27N3+2. The molecule has 0 amide bonds. The van der Waals surface area contributed by atoms with E-state index in [-0.39, 0.29) is 0 Å². The molecule has 0 spiro atoms. The average Bonchev–Trinajstić information content (AvgIpc) is 2.57. The molecule has 1 unspecified atom stereocenters. The second-order valence-electron chi connectivity index (χ2n) is 6.57. The van der Waals surface area contributed by atoms with Crippen LogP contribution in [0.3, 0.4) is 0 Å². The molecule has 2 heterocycles. The third kappa shape index (κ3) is 4.15. The second-order valence-corrected chi connectivity index (χ2v) is 6.57. The molecule has 1 aromatic heterocycles. The monoisotopic (exact) mass is 297 g/mol. The van der Waals surface area contributed by atoms with Crippen LogP contribution in [0.2, 0.25) is 0 Å². The minimum Gasteiger partial charge on any atom is -0.331 e. The lowest BCUT2D eigenvalue weighted by Crippen LogP contribution is -3.18. The minimum absolute atomic E-state index is 0.804. The van der Waals surface area contributed by atoms with Gasteiger partial charge in [-0.15, -0.1) is 0 Å². The molecule has 0 radical (unpaired) electrons. The fraction of sp³-hybridized carbons (Fsp3) is 0.421. The SMILES string of the molecule is C[NH+](Cc1ccccc1)C1CC[NH+](Cc2cccnc2)CC1. The summed E-state index contributed by atoms with van der Waals surface area (Å²) in [5.41, 5.74) is 2.81. The molecule has 3 heteroatoms. The van der Waals surface area contributed by atoms with Crippen LogP contribution in [0, 0.1) is 0 Å². The largest absolute Gasteiger partial charge is 0.331 e. The lowest BCUT2D eigenvalue weighted by atomic mass is 10.0. The van der Waals surface area contributed by atoms with Gasteiger partial charge in [0.25, 0.3) is 0 Å². The number of hydrogen-bond donors (Lipinski definition) is 2. The van der Waals surface area contributed by atoms with Crippen molar-refractivity contribution in [2.75, 3.05) is 20.1 Å². The second kappa shape index (κ2) is 7.52. The Morgan fingerprint density at radius 1 is 1.05 bits per heavy atom. The topological polar surface area (TPSA) is 21.8 Å². The van der Waals surface area contributed by atoms with E-state index in [4.69, 9.17) is 0 Å². The number of likely N-dealkylation sites (tertiary alicyclic amines) is 1. The molecule has 2 N–H and O–H groups in total. The number of benzene rings is 1. The van der Waals surface area contributed by atoms with Crippen molar-refractivity contribution in [2.45, 2.75) is 32.0 Å². The van der Waals surface area contributed by atoms with Crippen LogP contribution in [0.5, 0.6) is 0 Å². The molecule has 3 rings (SSSR count). The van der Waals surface area contributed by atoms with E-state index in [1.54, 1.807) is 9.80 Å². The van der Waals surface area contributed by atoms with Crippen LogP contribution in [0.1, 0.15) is 24.0 Å². The minimum atomic E-state index is 0.804. The van der Waals surface area contributed by atoms with Crippen molar-refractivity contribution < 1.29 is 9.80 Å². The van der Waals surface area contributed by atoms with Crippen molar-refractivity contribution in [1.82, 2.24) is 4.98 Å². The third-order valence-corrected chi connectivity index (χ3v) is 4.89. The Morgan fingerprint density at radius 2 is 1.77 bits per heavy atom. The first-order valence-electron chi connectivity index (χ1n) is 8.40. The van der Waals surface area contributed by atoms with E-state index in [9.17, 15) is 0 Å². The van der Waals surface area contributed by atoms with E-state index in [0.717, 1.165) is 19.1 Å². The zero-order chi connectivity index (χ0) is 15.2. The van der Waals surface area contributed by atoms with Crippen LogP contribution in [-0.2, 0) is 13.1 Å². The van der Waals surface area contributed by atoms with Crippen LogP contribution in [0.15, 0.2) is 54.9 Å². The predicted molar refractivity (Wildman–Crippen MR) is 88.7 cm³/mol. The number of nitrogens with one attached hydrogen (secondary N) is 2. The van der Waals surface area contributed by atoms with E-state index in [1.807, 2.05) is 18.5 Å². The molecule has 1 aromatic carbocycles.